The number of hydrazone groups is 1. The van der Waals surface area contributed by atoms with Crippen LogP contribution in [0.1, 0.15) is 22.3 Å². The number of nitrogens with one attached hydrogen (secondary N) is 1. The van der Waals surface area contributed by atoms with Gasteiger partial charge in [0.25, 0.3) is 5.91 Å². The van der Waals surface area contributed by atoms with Crippen molar-refractivity contribution in [1.82, 2.24) is 5.43 Å². The Morgan fingerprint density at radius 3 is 2.15 bits per heavy atom. The second-order valence-corrected chi connectivity index (χ2v) is 10.0. The summed E-state index contributed by atoms with van der Waals surface area (Å²) in [6.45, 7) is 0.362. The molecule has 1 amide bonds. The molecule has 5 aromatic rings. The van der Waals surface area contributed by atoms with Gasteiger partial charge in [0.15, 0.2) is 17.1 Å². The summed E-state index contributed by atoms with van der Waals surface area (Å²) in [5.74, 6) is 0.384. The largest absolute Gasteiger partial charge is 0.493 e. The van der Waals surface area contributed by atoms with Crippen molar-refractivity contribution in [2.75, 3.05) is 7.11 Å². The standard InChI is InChI=1S/C33H27BrN2O4/c1-39-30-20-24(19-29(34)31(30)40-22-23-16-17-25-10-8-9-11-26(25)18-23)21-35-36-32(37)33(38,27-12-4-2-5-13-27)28-14-6-3-7-15-28/h2-21,38H,22H2,1H3,(H,36,37)/b35-21-. The van der Waals surface area contributed by atoms with Crippen molar-refractivity contribution in [3.63, 3.8) is 0 Å². The van der Waals surface area contributed by atoms with Crippen LogP contribution in [0.2, 0.25) is 0 Å². The van der Waals surface area contributed by atoms with Crippen LogP contribution < -0.4 is 14.9 Å². The third-order valence-electron chi connectivity index (χ3n) is 6.54. The van der Waals surface area contributed by atoms with E-state index in [1.807, 2.05) is 36.4 Å². The van der Waals surface area contributed by atoms with Gasteiger partial charge in [0, 0.05) is 0 Å². The number of ether oxygens (including phenoxy) is 2. The zero-order valence-electron chi connectivity index (χ0n) is 21.8. The quantitative estimate of drug-likeness (QED) is 0.149. The van der Waals surface area contributed by atoms with Gasteiger partial charge in [0.1, 0.15) is 6.61 Å². The summed E-state index contributed by atoms with van der Waals surface area (Å²) >= 11 is 3.57. The SMILES string of the molecule is COc1cc(/C=N\NC(=O)C(O)(c2ccccc2)c2ccccc2)cc(Br)c1OCc1ccc2ccccc2c1. The molecule has 0 radical (unpaired) electrons. The van der Waals surface area contributed by atoms with E-state index >= 15 is 0 Å². The lowest BCUT2D eigenvalue weighted by atomic mass is 9.85. The van der Waals surface area contributed by atoms with Gasteiger partial charge in [0.2, 0.25) is 0 Å². The number of hydrogen-bond acceptors (Lipinski definition) is 5. The van der Waals surface area contributed by atoms with Gasteiger partial charge in [-0.1, -0.05) is 97.1 Å². The summed E-state index contributed by atoms with van der Waals surface area (Å²) in [6.07, 6.45) is 1.48. The molecule has 5 rings (SSSR count). The van der Waals surface area contributed by atoms with Crippen LogP contribution in [-0.2, 0) is 17.0 Å². The summed E-state index contributed by atoms with van der Waals surface area (Å²) in [5, 5.41) is 18.0. The molecule has 0 aliphatic rings. The van der Waals surface area contributed by atoms with Crippen molar-refractivity contribution in [2.45, 2.75) is 12.2 Å². The van der Waals surface area contributed by atoms with Crippen LogP contribution in [0.5, 0.6) is 11.5 Å². The minimum absolute atomic E-state index is 0.362. The molecule has 200 valence electrons. The number of carbonyl (C=O) groups is 1. The Morgan fingerprint density at radius 1 is 0.875 bits per heavy atom. The molecule has 0 heterocycles. The Bertz CT molecular complexity index is 1620. The average molecular weight is 595 g/mol. The minimum atomic E-state index is -1.92. The highest BCUT2D eigenvalue weighted by molar-refractivity contribution is 9.10. The molecule has 5 aromatic carbocycles. The Morgan fingerprint density at radius 2 is 1.50 bits per heavy atom. The van der Waals surface area contributed by atoms with Crippen LogP contribution in [0.15, 0.2) is 125 Å². The number of methoxy groups -OCH3 is 1. The van der Waals surface area contributed by atoms with Crippen molar-refractivity contribution in [3.05, 3.63) is 142 Å². The molecular weight excluding hydrogens is 568 g/mol. The molecule has 7 heteroatoms. The fourth-order valence-corrected chi connectivity index (χ4v) is 5.05. The van der Waals surface area contributed by atoms with Crippen LogP contribution in [0.25, 0.3) is 10.8 Å². The molecule has 0 saturated carbocycles. The molecular formula is C33H27BrN2O4. The predicted octanol–water partition coefficient (Wildman–Crippen LogP) is 6.58. The fraction of sp³-hybridized carbons (Fsp3) is 0.0909. The highest BCUT2D eigenvalue weighted by Crippen LogP contribution is 2.37. The van der Waals surface area contributed by atoms with Gasteiger partial charge in [-0.15, -0.1) is 0 Å². The van der Waals surface area contributed by atoms with Crippen LogP contribution in [0, 0.1) is 0 Å². The van der Waals surface area contributed by atoms with Gasteiger partial charge in [-0.05, 0) is 67.2 Å². The van der Waals surface area contributed by atoms with Gasteiger partial charge in [-0.2, -0.15) is 5.10 Å². The lowest BCUT2D eigenvalue weighted by molar-refractivity contribution is -0.136. The van der Waals surface area contributed by atoms with Crippen molar-refractivity contribution in [3.8, 4) is 11.5 Å². The maximum Gasteiger partial charge on any atom is 0.281 e. The van der Waals surface area contributed by atoms with Crippen molar-refractivity contribution in [1.29, 1.82) is 0 Å². The lowest BCUT2D eigenvalue weighted by Crippen LogP contribution is -2.43. The second-order valence-electron chi connectivity index (χ2n) is 9.15. The minimum Gasteiger partial charge on any atom is -0.493 e. The molecule has 0 spiro atoms. The lowest BCUT2D eigenvalue weighted by Gasteiger charge is -2.27. The second kappa shape index (κ2) is 12.2. The first-order valence-corrected chi connectivity index (χ1v) is 13.4. The van der Waals surface area contributed by atoms with Gasteiger partial charge in [0.05, 0.1) is 17.8 Å². The average Bonchev–Trinajstić information content (AvgIpc) is 3.00. The third-order valence-corrected chi connectivity index (χ3v) is 7.13. The van der Waals surface area contributed by atoms with E-state index < -0.39 is 11.5 Å². The highest BCUT2D eigenvalue weighted by Gasteiger charge is 2.39. The van der Waals surface area contributed by atoms with E-state index in [0.717, 1.165) is 10.9 Å². The van der Waals surface area contributed by atoms with Crippen molar-refractivity contribution >= 4 is 38.8 Å². The molecule has 0 aliphatic carbocycles. The molecule has 0 aromatic heterocycles. The predicted molar refractivity (Wildman–Crippen MR) is 161 cm³/mol. The summed E-state index contributed by atoms with van der Waals surface area (Å²) in [5.41, 5.74) is 3.14. The molecule has 0 aliphatic heterocycles. The van der Waals surface area contributed by atoms with Crippen molar-refractivity contribution in [2.24, 2.45) is 5.10 Å². The highest BCUT2D eigenvalue weighted by atomic mass is 79.9. The number of carbonyl (C=O) groups excluding carboxylic acids is 1. The Hall–Kier alpha value is -4.46. The van der Waals surface area contributed by atoms with Crippen LogP contribution in [0.4, 0.5) is 0 Å². The molecule has 0 fully saturated rings. The zero-order valence-corrected chi connectivity index (χ0v) is 23.3. The van der Waals surface area contributed by atoms with Crippen molar-refractivity contribution < 1.29 is 19.4 Å². The number of benzene rings is 5. The van der Waals surface area contributed by atoms with Gasteiger partial charge < -0.3 is 14.6 Å². The van der Waals surface area contributed by atoms with E-state index in [1.54, 1.807) is 61.7 Å². The fourth-order valence-electron chi connectivity index (χ4n) is 4.47. The first kappa shape index (κ1) is 27.1. The summed E-state index contributed by atoms with van der Waals surface area (Å²) in [4.78, 5) is 13.3. The number of amides is 1. The first-order valence-electron chi connectivity index (χ1n) is 12.6. The van der Waals surface area contributed by atoms with Crippen LogP contribution >= 0.6 is 15.9 Å². The van der Waals surface area contributed by atoms with Crippen LogP contribution in [0.3, 0.4) is 0 Å². The number of nitrogens with zero attached hydrogens (tertiary/aromatic N) is 1. The molecule has 0 unspecified atom stereocenters. The molecule has 0 atom stereocenters. The van der Waals surface area contributed by atoms with E-state index in [0.29, 0.717) is 39.3 Å². The normalized spacial score (nSPS) is 11.5. The first-order chi connectivity index (χ1) is 19.5. The zero-order chi connectivity index (χ0) is 28.0. The monoisotopic (exact) mass is 594 g/mol. The Labute approximate surface area is 241 Å². The topological polar surface area (TPSA) is 80.2 Å². The van der Waals surface area contributed by atoms with E-state index in [1.165, 1.54) is 11.6 Å². The molecule has 0 bridgehead atoms. The summed E-state index contributed by atoms with van der Waals surface area (Å²) < 4.78 is 12.4. The molecule has 6 nitrogen and oxygen atoms in total. The maximum absolute atomic E-state index is 13.3. The summed E-state index contributed by atoms with van der Waals surface area (Å²) in [6, 6.07) is 35.5. The number of aliphatic hydroxyl groups is 1. The van der Waals surface area contributed by atoms with E-state index in [2.05, 4.69) is 50.7 Å². The van der Waals surface area contributed by atoms with Gasteiger partial charge in [-0.25, -0.2) is 5.43 Å². The molecule has 2 N–H and O–H groups in total. The molecule has 40 heavy (non-hydrogen) atoms. The maximum atomic E-state index is 13.3. The van der Waals surface area contributed by atoms with Gasteiger partial charge >= 0.3 is 0 Å². The number of halogens is 1. The molecule has 0 saturated heterocycles. The summed E-state index contributed by atoms with van der Waals surface area (Å²) in [7, 11) is 1.56. The van der Waals surface area contributed by atoms with E-state index in [9.17, 15) is 9.90 Å². The third kappa shape index (κ3) is 5.76. The Balaban J connectivity index is 1.32. The Kier molecular flexibility index (Phi) is 8.24. The van der Waals surface area contributed by atoms with E-state index in [4.69, 9.17) is 9.47 Å². The van der Waals surface area contributed by atoms with Crippen LogP contribution in [-0.4, -0.2) is 24.3 Å². The smallest absolute Gasteiger partial charge is 0.281 e. The van der Waals surface area contributed by atoms with Gasteiger partial charge in [-0.3, -0.25) is 4.79 Å². The number of fused-ring (bicyclic) bond motifs is 1. The van der Waals surface area contributed by atoms with E-state index in [-0.39, 0.29) is 0 Å². The number of rotatable bonds is 9. The number of hydrogen-bond donors (Lipinski definition) is 2.